The first-order valence-electron chi connectivity index (χ1n) is 14.4. The molecule has 0 aliphatic heterocycles. The number of ether oxygens (including phenoxy) is 1. The number of carbonyl (C=O) groups is 3. The molecule has 2 amide bonds. The average molecular weight is 723 g/mol. The van der Waals surface area contributed by atoms with Crippen molar-refractivity contribution >= 4 is 39.4 Å². The van der Waals surface area contributed by atoms with E-state index in [1.165, 1.54) is 43.5 Å². The summed E-state index contributed by atoms with van der Waals surface area (Å²) in [4.78, 5) is 43.2. The van der Waals surface area contributed by atoms with Crippen LogP contribution < -0.4 is 10.1 Å². The Hall–Kier alpha value is -5.43. The van der Waals surface area contributed by atoms with Crippen LogP contribution in [0.2, 0.25) is 0 Å². The summed E-state index contributed by atoms with van der Waals surface area (Å²) in [7, 11) is 1.25. The number of aliphatic carboxylic acids is 1. The Labute approximate surface area is 281 Å². The number of anilines is 1. The average Bonchev–Trinajstić information content (AvgIpc) is 3.55. The van der Waals surface area contributed by atoms with Crippen LogP contribution in [0.5, 0.6) is 5.75 Å². The molecule has 0 unspecified atom stereocenters. The van der Waals surface area contributed by atoms with E-state index < -0.39 is 42.5 Å². The Bertz CT molecular complexity index is 1930. The zero-order valence-electron chi connectivity index (χ0n) is 25.3. The second-order valence-electron chi connectivity index (χ2n) is 10.6. The van der Waals surface area contributed by atoms with Gasteiger partial charge in [-0.3, -0.25) is 14.4 Å². The van der Waals surface area contributed by atoms with Gasteiger partial charge in [-0.25, -0.2) is 4.98 Å². The first-order valence-corrected chi connectivity index (χ1v) is 15.1. The first kappa shape index (κ1) is 33.9. The van der Waals surface area contributed by atoms with Gasteiger partial charge in [0.05, 0.1) is 19.1 Å². The summed E-state index contributed by atoms with van der Waals surface area (Å²) >= 11 is 3.40. The number of alkyl halides is 3. The number of benzene rings is 4. The summed E-state index contributed by atoms with van der Waals surface area (Å²) in [6.07, 6.45) is -3.68. The van der Waals surface area contributed by atoms with Gasteiger partial charge in [0, 0.05) is 33.4 Å². The Morgan fingerprint density at radius 3 is 2.23 bits per heavy atom. The number of carboxylic acids is 1. The third-order valence-corrected chi connectivity index (χ3v) is 7.75. The molecule has 9 nitrogen and oxygen atoms in total. The minimum Gasteiger partial charge on any atom is -0.497 e. The molecule has 246 valence electrons. The summed E-state index contributed by atoms with van der Waals surface area (Å²) in [6.45, 7) is -0.582. The smallest absolute Gasteiger partial charge is 0.416 e. The van der Waals surface area contributed by atoms with Crippen LogP contribution in [0.4, 0.5) is 18.9 Å². The van der Waals surface area contributed by atoms with E-state index in [0.29, 0.717) is 22.7 Å². The highest BCUT2D eigenvalue weighted by Gasteiger charge is 2.34. The minimum atomic E-state index is -4.68. The zero-order chi connectivity index (χ0) is 34.4. The molecule has 1 aromatic heterocycles. The summed E-state index contributed by atoms with van der Waals surface area (Å²) < 4.78 is 52.1. The molecule has 13 heteroatoms. The molecule has 0 aliphatic carbocycles. The SMILES string of the molecule is COc1ccc(CC(=O)Nc2ccc(C(=O)N(CC(=O)O)Cc3ccc(-c4nc(-c5ccc(Br)cc5)co4)cc3)cc2)c(C(F)(F)F)c1. The van der Waals surface area contributed by atoms with E-state index in [1.807, 2.05) is 24.3 Å². The van der Waals surface area contributed by atoms with Gasteiger partial charge >= 0.3 is 12.1 Å². The van der Waals surface area contributed by atoms with Gasteiger partial charge in [-0.1, -0.05) is 46.3 Å². The van der Waals surface area contributed by atoms with E-state index in [0.717, 1.165) is 21.0 Å². The van der Waals surface area contributed by atoms with Crippen molar-refractivity contribution < 1.29 is 41.8 Å². The highest BCUT2D eigenvalue weighted by Crippen LogP contribution is 2.35. The normalized spacial score (nSPS) is 11.2. The highest BCUT2D eigenvalue weighted by molar-refractivity contribution is 9.10. The van der Waals surface area contributed by atoms with Crippen LogP contribution in [0, 0.1) is 0 Å². The largest absolute Gasteiger partial charge is 0.497 e. The highest BCUT2D eigenvalue weighted by atomic mass is 79.9. The van der Waals surface area contributed by atoms with Crippen LogP contribution >= 0.6 is 15.9 Å². The van der Waals surface area contributed by atoms with E-state index in [-0.39, 0.29) is 29.1 Å². The van der Waals surface area contributed by atoms with Crippen molar-refractivity contribution in [3.05, 3.63) is 124 Å². The zero-order valence-corrected chi connectivity index (χ0v) is 26.8. The number of aromatic nitrogens is 1. The lowest BCUT2D eigenvalue weighted by atomic mass is 10.0. The van der Waals surface area contributed by atoms with Gasteiger partial charge in [-0.2, -0.15) is 13.2 Å². The molecule has 1 heterocycles. The molecular weight excluding hydrogens is 695 g/mol. The van der Waals surface area contributed by atoms with Crippen molar-refractivity contribution in [2.75, 3.05) is 19.0 Å². The molecule has 0 saturated carbocycles. The molecule has 0 saturated heterocycles. The molecule has 5 rings (SSSR count). The molecule has 4 aromatic carbocycles. The van der Waals surface area contributed by atoms with Gasteiger partial charge in [-0.15, -0.1) is 0 Å². The first-order chi connectivity index (χ1) is 22.9. The van der Waals surface area contributed by atoms with Crippen LogP contribution in [-0.4, -0.2) is 46.4 Å². The van der Waals surface area contributed by atoms with E-state index in [1.54, 1.807) is 30.5 Å². The quantitative estimate of drug-likeness (QED) is 0.143. The van der Waals surface area contributed by atoms with Crippen LogP contribution in [0.1, 0.15) is 27.0 Å². The molecule has 0 fully saturated rings. The van der Waals surface area contributed by atoms with E-state index in [4.69, 9.17) is 9.15 Å². The number of amides is 2. The maximum absolute atomic E-state index is 13.5. The van der Waals surface area contributed by atoms with Gasteiger partial charge in [0.25, 0.3) is 5.91 Å². The van der Waals surface area contributed by atoms with Gasteiger partial charge in [0.15, 0.2) is 0 Å². The summed E-state index contributed by atoms with van der Waals surface area (Å²) in [5.41, 5.74) is 2.10. The molecule has 48 heavy (non-hydrogen) atoms. The molecule has 0 spiro atoms. The molecule has 0 radical (unpaired) electrons. The van der Waals surface area contributed by atoms with E-state index >= 15 is 0 Å². The van der Waals surface area contributed by atoms with Crippen LogP contribution in [0.25, 0.3) is 22.7 Å². The molecule has 0 bridgehead atoms. The molecule has 0 aliphatic rings. The Balaban J connectivity index is 1.24. The Kier molecular flexibility index (Phi) is 10.3. The lowest BCUT2D eigenvalue weighted by Crippen LogP contribution is -2.35. The predicted molar refractivity (Wildman–Crippen MR) is 174 cm³/mol. The predicted octanol–water partition coefficient (Wildman–Crippen LogP) is 7.71. The number of nitrogens with one attached hydrogen (secondary N) is 1. The lowest BCUT2D eigenvalue weighted by Gasteiger charge is -2.21. The topological polar surface area (TPSA) is 122 Å². The summed E-state index contributed by atoms with van der Waals surface area (Å²) in [6, 6.07) is 23.6. The molecule has 2 N–H and O–H groups in total. The number of nitrogens with zero attached hydrogens (tertiary/aromatic N) is 2. The third-order valence-electron chi connectivity index (χ3n) is 7.22. The fraction of sp³-hybridized carbons (Fsp3) is 0.143. The second kappa shape index (κ2) is 14.6. The minimum absolute atomic E-state index is 0.0109. The molecule has 5 aromatic rings. The Morgan fingerprint density at radius 2 is 1.60 bits per heavy atom. The van der Waals surface area contributed by atoms with E-state index in [2.05, 4.69) is 26.2 Å². The number of halogens is 4. The van der Waals surface area contributed by atoms with Gasteiger partial charge in [-0.05, 0) is 71.8 Å². The van der Waals surface area contributed by atoms with Gasteiger partial charge in [0.2, 0.25) is 11.8 Å². The van der Waals surface area contributed by atoms with Crippen molar-refractivity contribution in [2.45, 2.75) is 19.1 Å². The molecule has 0 atom stereocenters. The summed E-state index contributed by atoms with van der Waals surface area (Å²) in [5, 5.41) is 12.0. The molecular formula is C35H27BrF3N3O6. The number of carboxylic acid groups (broad SMARTS) is 1. The number of oxazole rings is 1. The van der Waals surface area contributed by atoms with Crippen LogP contribution in [0.15, 0.2) is 106 Å². The maximum atomic E-state index is 13.5. The fourth-order valence-electron chi connectivity index (χ4n) is 4.85. The third kappa shape index (κ3) is 8.48. The maximum Gasteiger partial charge on any atom is 0.416 e. The fourth-order valence-corrected chi connectivity index (χ4v) is 5.12. The number of carbonyl (C=O) groups excluding carboxylic acids is 2. The van der Waals surface area contributed by atoms with Crippen molar-refractivity contribution in [1.82, 2.24) is 9.88 Å². The number of hydrogen-bond acceptors (Lipinski definition) is 6. The monoisotopic (exact) mass is 721 g/mol. The second-order valence-corrected chi connectivity index (χ2v) is 11.5. The van der Waals surface area contributed by atoms with Crippen molar-refractivity contribution in [3.63, 3.8) is 0 Å². The van der Waals surface area contributed by atoms with Gasteiger partial charge < -0.3 is 24.5 Å². The van der Waals surface area contributed by atoms with E-state index in [9.17, 15) is 32.7 Å². The Morgan fingerprint density at radius 1 is 0.938 bits per heavy atom. The summed E-state index contributed by atoms with van der Waals surface area (Å²) in [5.74, 6) is -2.07. The standard InChI is InChI=1S/C35H27BrF3N3O6/c1-47-28-15-10-25(29(17-28)35(37,38)39)16-31(43)40-27-13-8-24(9-14-27)34(46)42(19-32(44)45)18-21-2-4-23(5-3-21)33-41-30(20-48-33)22-6-11-26(36)12-7-22/h2-15,17,20H,16,18-19H2,1H3,(H,40,43)(H,44,45). The van der Waals surface area contributed by atoms with Crippen LogP contribution in [0.3, 0.4) is 0 Å². The van der Waals surface area contributed by atoms with Gasteiger partial charge in [0.1, 0.15) is 24.3 Å². The lowest BCUT2D eigenvalue weighted by molar-refractivity contribution is -0.139. The van der Waals surface area contributed by atoms with Crippen molar-refractivity contribution in [1.29, 1.82) is 0 Å². The number of rotatable bonds is 11. The van der Waals surface area contributed by atoms with Crippen molar-refractivity contribution in [2.24, 2.45) is 0 Å². The van der Waals surface area contributed by atoms with Crippen LogP contribution in [-0.2, 0) is 28.7 Å². The van der Waals surface area contributed by atoms with Crippen molar-refractivity contribution in [3.8, 4) is 28.5 Å². The number of hydrogen-bond donors (Lipinski definition) is 2. The number of methoxy groups -OCH3 is 1.